The van der Waals surface area contributed by atoms with E-state index >= 15 is 0 Å². The van der Waals surface area contributed by atoms with Gasteiger partial charge in [-0.2, -0.15) is 5.10 Å². The van der Waals surface area contributed by atoms with Crippen molar-refractivity contribution in [2.24, 2.45) is 5.10 Å². The average Bonchev–Trinajstić information content (AvgIpc) is 2.54. The summed E-state index contributed by atoms with van der Waals surface area (Å²) >= 11 is 17.5. The van der Waals surface area contributed by atoms with Crippen LogP contribution in [0.4, 0.5) is 10.1 Å². The van der Waals surface area contributed by atoms with Crippen LogP contribution in [0.25, 0.3) is 0 Å². The lowest BCUT2D eigenvalue weighted by Gasteiger charge is -2.08. The van der Waals surface area contributed by atoms with Crippen molar-refractivity contribution in [3.05, 3.63) is 56.5 Å². The van der Waals surface area contributed by atoms with Gasteiger partial charge in [-0.05, 0) is 13.0 Å². The van der Waals surface area contributed by atoms with Crippen molar-refractivity contribution in [3.63, 3.8) is 0 Å². The summed E-state index contributed by atoms with van der Waals surface area (Å²) in [4.78, 5) is 15.9. The number of hydrogen-bond donors (Lipinski definition) is 2. The van der Waals surface area contributed by atoms with Gasteiger partial charge in [0, 0.05) is 5.56 Å². The summed E-state index contributed by atoms with van der Waals surface area (Å²) in [5, 5.41) is 3.47. The summed E-state index contributed by atoms with van der Waals surface area (Å²) in [6.45, 7) is 1.54. The molecule has 0 aliphatic carbocycles. The number of pyridine rings is 1. The Morgan fingerprint density at radius 3 is 2.57 bits per heavy atom. The highest BCUT2D eigenvalue weighted by Crippen LogP contribution is 2.34. The lowest BCUT2D eigenvalue weighted by Crippen LogP contribution is -2.22. The number of nitrogen functional groups attached to an aromatic ring is 1. The Kier molecular flexibility index (Phi) is 5.41. The number of benzene rings is 1. The van der Waals surface area contributed by atoms with Gasteiger partial charge >= 0.3 is 0 Å². The van der Waals surface area contributed by atoms with Gasteiger partial charge in [0.2, 0.25) is 0 Å². The van der Waals surface area contributed by atoms with Gasteiger partial charge in [-0.3, -0.25) is 4.79 Å². The zero-order valence-electron chi connectivity index (χ0n) is 11.7. The third-order valence-corrected chi connectivity index (χ3v) is 4.01. The molecule has 2 aromatic rings. The van der Waals surface area contributed by atoms with E-state index in [2.05, 4.69) is 15.5 Å². The maximum atomic E-state index is 13.6. The number of nitrogens with one attached hydrogen (secondary N) is 1. The number of hydrazone groups is 1. The number of halogens is 4. The second-order valence-corrected chi connectivity index (χ2v) is 5.52. The predicted octanol–water partition coefficient (Wildman–Crippen LogP) is 3.92. The van der Waals surface area contributed by atoms with Crippen LogP contribution in [0.5, 0.6) is 0 Å². The van der Waals surface area contributed by atoms with Crippen molar-refractivity contribution >= 4 is 52.1 Å². The predicted molar refractivity (Wildman–Crippen MR) is 89.8 cm³/mol. The van der Waals surface area contributed by atoms with Crippen LogP contribution in [-0.4, -0.2) is 16.6 Å². The fourth-order valence-electron chi connectivity index (χ4n) is 1.68. The van der Waals surface area contributed by atoms with Crippen molar-refractivity contribution in [3.8, 4) is 0 Å². The van der Waals surface area contributed by atoms with Gasteiger partial charge in [0.25, 0.3) is 5.91 Å². The number of nitrogens with zero attached hydrogens (tertiary/aromatic N) is 2. The first-order chi connectivity index (χ1) is 10.8. The highest BCUT2D eigenvalue weighted by atomic mass is 35.5. The van der Waals surface area contributed by atoms with Crippen LogP contribution in [-0.2, 0) is 0 Å². The molecule has 23 heavy (non-hydrogen) atoms. The molecule has 120 valence electrons. The minimum Gasteiger partial charge on any atom is -0.396 e. The minimum absolute atomic E-state index is 0.0424. The quantitative estimate of drug-likeness (QED) is 0.485. The number of rotatable bonds is 3. The molecule has 0 fully saturated rings. The van der Waals surface area contributed by atoms with Crippen molar-refractivity contribution in [2.75, 3.05) is 5.73 Å². The zero-order chi connectivity index (χ0) is 17.1. The smallest absolute Gasteiger partial charge is 0.291 e. The molecule has 3 N–H and O–H groups in total. The van der Waals surface area contributed by atoms with Crippen LogP contribution >= 0.6 is 34.8 Å². The molecule has 0 saturated carbocycles. The molecule has 0 unspecified atom stereocenters. The van der Waals surface area contributed by atoms with Gasteiger partial charge < -0.3 is 5.73 Å². The summed E-state index contributed by atoms with van der Waals surface area (Å²) in [5.74, 6) is -1.21. The number of nitrogens with two attached hydrogens (primary N) is 1. The minimum atomic E-state index is -0.754. The Hall–Kier alpha value is -1.89. The first-order valence-electron chi connectivity index (χ1n) is 6.22. The second kappa shape index (κ2) is 7.12. The molecule has 0 saturated heterocycles. The number of aromatic nitrogens is 1. The number of anilines is 1. The SMILES string of the molecule is C/C(=N\NC(=O)c1nc(Cl)c(Cl)c(N)c1Cl)c1ccccc1F. The summed E-state index contributed by atoms with van der Waals surface area (Å²) in [6.07, 6.45) is 0. The Morgan fingerprint density at radius 1 is 1.26 bits per heavy atom. The first kappa shape index (κ1) is 17.5. The number of hydrogen-bond acceptors (Lipinski definition) is 4. The van der Waals surface area contributed by atoms with Crippen molar-refractivity contribution in [2.45, 2.75) is 6.92 Å². The van der Waals surface area contributed by atoms with Gasteiger partial charge in [0.05, 0.1) is 16.4 Å². The maximum absolute atomic E-state index is 13.6. The number of carbonyl (C=O) groups is 1. The number of carbonyl (C=O) groups excluding carboxylic acids is 1. The molecule has 2 rings (SSSR count). The van der Waals surface area contributed by atoms with E-state index < -0.39 is 11.7 Å². The molecule has 1 aromatic heterocycles. The lowest BCUT2D eigenvalue weighted by atomic mass is 10.1. The largest absolute Gasteiger partial charge is 0.396 e. The van der Waals surface area contributed by atoms with Crippen LogP contribution < -0.4 is 11.2 Å². The van der Waals surface area contributed by atoms with E-state index in [1.54, 1.807) is 12.1 Å². The van der Waals surface area contributed by atoms with E-state index in [4.69, 9.17) is 40.5 Å². The third kappa shape index (κ3) is 3.72. The summed E-state index contributed by atoms with van der Waals surface area (Å²) in [5.41, 5.74) is 8.07. The van der Waals surface area contributed by atoms with Gasteiger partial charge in [0.15, 0.2) is 10.8 Å². The van der Waals surface area contributed by atoms with Crippen LogP contribution in [0.1, 0.15) is 23.0 Å². The third-order valence-electron chi connectivity index (χ3n) is 2.88. The summed E-state index contributed by atoms with van der Waals surface area (Å²) in [6, 6.07) is 6.02. The van der Waals surface area contributed by atoms with Gasteiger partial charge in [-0.25, -0.2) is 14.8 Å². The van der Waals surface area contributed by atoms with E-state index in [0.717, 1.165) is 0 Å². The molecule has 1 heterocycles. The van der Waals surface area contributed by atoms with Gasteiger partial charge in [0.1, 0.15) is 10.8 Å². The fraction of sp³-hybridized carbons (Fsp3) is 0.0714. The van der Waals surface area contributed by atoms with E-state index in [0.29, 0.717) is 0 Å². The number of amides is 1. The van der Waals surface area contributed by atoms with E-state index in [1.165, 1.54) is 19.1 Å². The normalized spacial score (nSPS) is 11.4. The average molecular weight is 376 g/mol. The molecule has 0 bridgehead atoms. The van der Waals surface area contributed by atoms with Gasteiger partial charge in [-0.15, -0.1) is 0 Å². The Labute approximate surface area is 146 Å². The highest BCUT2D eigenvalue weighted by Gasteiger charge is 2.19. The molecular formula is C14H10Cl3FN4O. The Balaban J connectivity index is 2.27. The highest BCUT2D eigenvalue weighted by molar-refractivity contribution is 6.46. The summed E-state index contributed by atoms with van der Waals surface area (Å²) in [7, 11) is 0. The summed E-state index contributed by atoms with van der Waals surface area (Å²) < 4.78 is 13.6. The molecule has 9 heteroatoms. The zero-order valence-corrected chi connectivity index (χ0v) is 14.0. The molecule has 0 atom stereocenters. The molecule has 0 aliphatic heterocycles. The van der Waals surface area contributed by atoms with Crippen LogP contribution in [0, 0.1) is 5.82 Å². The Bertz CT molecular complexity index is 811. The van der Waals surface area contributed by atoms with Crippen LogP contribution in [0.15, 0.2) is 29.4 Å². The monoisotopic (exact) mass is 374 g/mol. The second-order valence-electron chi connectivity index (χ2n) is 4.41. The van der Waals surface area contributed by atoms with Crippen molar-refractivity contribution < 1.29 is 9.18 Å². The standard InChI is InChI=1S/C14H10Cl3FN4O/c1-6(7-4-2-3-5-8(7)18)21-22-14(23)12-9(15)11(19)10(16)13(17)20-12/h2-5H,1H3,(H2,19,20)(H,22,23)/b21-6+. The van der Waals surface area contributed by atoms with Gasteiger partial charge in [-0.1, -0.05) is 53.0 Å². The molecule has 5 nitrogen and oxygen atoms in total. The topological polar surface area (TPSA) is 80.4 Å². The fourth-order valence-corrected chi connectivity index (χ4v) is 2.28. The van der Waals surface area contributed by atoms with Crippen LogP contribution in [0.3, 0.4) is 0 Å². The molecule has 1 amide bonds. The van der Waals surface area contributed by atoms with Crippen molar-refractivity contribution in [1.82, 2.24) is 10.4 Å². The molecule has 0 radical (unpaired) electrons. The van der Waals surface area contributed by atoms with E-state index in [9.17, 15) is 9.18 Å². The Morgan fingerprint density at radius 2 is 1.91 bits per heavy atom. The van der Waals surface area contributed by atoms with E-state index in [1.807, 2.05) is 0 Å². The lowest BCUT2D eigenvalue weighted by molar-refractivity contribution is 0.0950. The van der Waals surface area contributed by atoms with E-state index in [-0.39, 0.29) is 37.9 Å². The molecule has 1 aromatic carbocycles. The first-order valence-corrected chi connectivity index (χ1v) is 7.35. The molecular weight excluding hydrogens is 366 g/mol. The maximum Gasteiger partial charge on any atom is 0.291 e. The molecule has 0 aliphatic rings. The van der Waals surface area contributed by atoms with Crippen molar-refractivity contribution in [1.29, 1.82) is 0 Å². The molecule has 0 spiro atoms. The van der Waals surface area contributed by atoms with Crippen LogP contribution in [0.2, 0.25) is 15.2 Å².